The monoisotopic (exact) mass is 782 g/mol. The lowest BCUT2D eigenvalue weighted by Crippen LogP contribution is -2.31. The molecule has 0 saturated heterocycles. The molecule has 0 amide bonds. The Hall–Kier alpha value is -6.80. The molecule has 294 valence electrons. The molecule has 8 aromatic rings. The van der Waals surface area contributed by atoms with Crippen LogP contribution >= 0.6 is 0 Å². The Bertz CT molecular complexity index is 2220. The van der Waals surface area contributed by atoms with Crippen LogP contribution in [0.3, 0.4) is 0 Å². The van der Waals surface area contributed by atoms with Crippen LogP contribution in [0, 0.1) is 11.8 Å². The van der Waals surface area contributed by atoms with Crippen LogP contribution in [-0.4, -0.2) is 39.9 Å². The van der Waals surface area contributed by atoms with Gasteiger partial charge in [0, 0.05) is 96.6 Å². The standard InChI is InChI=1S/C52H46N8/c1-5-49(35-9-17-53-18-10-35)57-31-39(1)43-25-44(40-2-6-50(58-32-40)36-11-19-54-20-12-36)28-47(27-43)48-29-45(41-3-7-51(59-33-41)37-13-21-55-22-14-37)26-46(30-48)42-4-8-52(60-34-42)38-15-23-56-24-16-38/h1-24,31-34,43-48H,25-30H2. The van der Waals surface area contributed by atoms with E-state index < -0.39 is 0 Å². The lowest BCUT2D eigenvalue weighted by Gasteiger charge is -2.44. The molecule has 10 rings (SSSR count). The van der Waals surface area contributed by atoms with Crippen molar-refractivity contribution < 1.29 is 0 Å². The Balaban J connectivity index is 0.978. The molecule has 0 radical (unpaired) electrons. The smallest absolute Gasteiger partial charge is 0.0703 e. The average molecular weight is 783 g/mol. The molecule has 0 spiro atoms. The number of hydrogen-bond donors (Lipinski definition) is 0. The van der Waals surface area contributed by atoms with Crippen LogP contribution in [0.25, 0.3) is 45.0 Å². The summed E-state index contributed by atoms with van der Waals surface area (Å²) in [6.07, 6.45) is 29.8. The number of pyridine rings is 8. The zero-order valence-corrected chi connectivity index (χ0v) is 33.5. The van der Waals surface area contributed by atoms with Gasteiger partial charge in [-0.05, 0) is 169 Å². The van der Waals surface area contributed by atoms with E-state index in [-0.39, 0.29) is 0 Å². The van der Waals surface area contributed by atoms with Crippen molar-refractivity contribution in [2.24, 2.45) is 11.8 Å². The maximum Gasteiger partial charge on any atom is 0.0703 e. The molecule has 2 aliphatic rings. The van der Waals surface area contributed by atoms with Crippen LogP contribution in [0.2, 0.25) is 0 Å². The second kappa shape index (κ2) is 17.2. The predicted octanol–water partition coefficient (Wildman–Crippen LogP) is 11.5. The maximum absolute atomic E-state index is 5.00. The largest absolute Gasteiger partial charge is 0.265 e. The van der Waals surface area contributed by atoms with Crippen molar-refractivity contribution in [1.82, 2.24) is 39.9 Å². The van der Waals surface area contributed by atoms with Gasteiger partial charge in [0.1, 0.15) is 0 Å². The highest BCUT2D eigenvalue weighted by atomic mass is 14.7. The molecule has 0 bridgehead atoms. The van der Waals surface area contributed by atoms with Crippen LogP contribution in [0.5, 0.6) is 0 Å². The summed E-state index contributed by atoms with van der Waals surface area (Å²) in [5.41, 5.74) is 13.5. The summed E-state index contributed by atoms with van der Waals surface area (Å²) in [4.78, 5) is 36.8. The first-order valence-electron chi connectivity index (χ1n) is 21.2. The normalized spacial score (nSPS) is 21.6. The average Bonchev–Trinajstić information content (AvgIpc) is 3.35. The second-order valence-corrected chi connectivity index (χ2v) is 16.6. The maximum atomic E-state index is 5.00. The van der Waals surface area contributed by atoms with E-state index >= 15 is 0 Å². The van der Waals surface area contributed by atoms with Gasteiger partial charge in [0.15, 0.2) is 0 Å². The molecule has 2 aliphatic carbocycles. The van der Waals surface area contributed by atoms with E-state index in [0.29, 0.717) is 35.5 Å². The fraction of sp³-hybridized carbons (Fsp3) is 0.231. The van der Waals surface area contributed by atoms with Crippen molar-refractivity contribution in [3.8, 4) is 45.0 Å². The van der Waals surface area contributed by atoms with Gasteiger partial charge >= 0.3 is 0 Å². The van der Waals surface area contributed by atoms with Gasteiger partial charge in [-0.3, -0.25) is 39.9 Å². The van der Waals surface area contributed by atoms with Gasteiger partial charge in [0.2, 0.25) is 0 Å². The lowest BCUT2D eigenvalue weighted by molar-refractivity contribution is 0.147. The van der Waals surface area contributed by atoms with Crippen molar-refractivity contribution in [3.63, 3.8) is 0 Å². The van der Waals surface area contributed by atoms with Crippen LogP contribution in [-0.2, 0) is 0 Å². The van der Waals surface area contributed by atoms with Crippen molar-refractivity contribution in [1.29, 1.82) is 0 Å². The summed E-state index contributed by atoms with van der Waals surface area (Å²) >= 11 is 0. The van der Waals surface area contributed by atoms with E-state index in [1.165, 1.54) is 22.3 Å². The van der Waals surface area contributed by atoms with Gasteiger partial charge in [-0.2, -0.15) is 0 Å². The van der Waals surface area contributed by atoms with Crippen LogP contribution < -0.4 is 0 Å². The van der Waals surface area contributed by atoms with Gasteiger partial charge in [0.05, 0.1) is 22.8 Å². The minimum Gasteiger partial charge on any atom is -0.265 e. The second-order valence-electron chi connectivity index (χ2n) is 16.6. The van der Waals surface area contributed by atoms with Gasteiger partial charge in [-0.25, -0.2) is 0 Å². The Morgan fingerprint density at radius 1 is 0.267 bits per heavy atom. The molecule has 8 heterocycles. The summed E-state index contributed by atoms with van der Waals surface area (Å²) in [7, 11) is 0. The van der Waals surface area contributed by atoms with Crippen molar-refractivity contribution in [3.05, 3.63) is 194 Å². The molecule has 8 aromatic heterocycles. The molecule has 0 aromatic carbocycles. The molecule has 0 aliphatic heterocycles. The quantitative estimate of drug-likeness (QED) is 0.143. The van der Waals surface area contributed by atoms with Crippen LogP contribution in [0.1, 0.15) is 84.5 Å². The zero-order chi connectivity index (χ0) is 40.1. The Kier molecular flexibility index (Phi) is 10.7. The highest BCUT2D eigenvalue weighted by Crippen LogP contribution is 2.53. The van der Waals surface area contributed by atoms with E-state index in [1.54, 1.807) is 0 Å². The van der Waals surface area contributed by atoms with E-state index in [2.05, 4.69) is 93.3 Å². The Morgan fingerprint density at radius 3 is 0.700 bits per heavy atom. The molecule has 2 fully saturated rings. The topological polar surface area (TPSA) is 103 Å². The first-order valence-corrected chi connectivity index (χ1v) is 21.2. The first kappa shape index (κ1) is 37.5. The van der Waals surface area contributed by atoms with E-state index in [0.717, 1.165) is 83.6 Å². The van der Waals surface area contributed by atoms with E-state index in [1.807, 2.05) is 98.1 Å². The molecule has 8 heteroatoms. The molecule has 60 heavy (non-hydrogen) atoms. The minimum atomic E-state index is 0.383. The van der Waals surface area contributed by atoms with Gasteiger partial charge < -0.3 is 0 Å². The fourth-order valence-corrected chi connectivity index (χ4v) is 9.95. The lowest BCUT2D eigenvalue weighted by atomic mass is 9.61. The molecular weight excluding hydrogens is 737 g/mol. The number of aromatic nitrogens is 8. The third-order valence-electron chi connectivity index (χ3n) is 13.1. The molecule has 8 nitrogen and oxygen atoms in total. The zero-order valence-electron chi connectivity index (χ0n) is 33.5. The van der Waals surface area contributed by atoms with Gasteiger partial charge in [0.25, 0.3) is 0 Å². The molecular formula is C52H46N8. The SMILES string of the molecule is c1cc(-c2ccc(C3CC(c4ccc(-c5ccncc5)nc4)CC(C4CC(c5ccc(-c6ccncc6)nc5)CC(c5ccc(-c6ccncc6)nc5)C4)C3)cn2)ccn1. The van der Waals surface area contributed by atoms with Crippen molar-refractivity contribution in [2.45, 2.75) is 62.2 Å². The Morgan fingerprint density at radius 2 is 0.500 bits per heavy atom. The molecule has 4 atom stereocenters. The van der Waals surface area contributed by atoms with Crippen molar-refractivity contribution >= 4 is 0 Å². The summed E-state index contributed by atoms with van der Waals surface area (Å²) in [6.45, 7) is 0. The molecule has 2 saturated carbocycles. The van der Waals surface area contributed by atoms with Crippen LogP contribution in [0.15, 0.2) is 171 Å². The third-order valence-corrected chi connectivity index (χ3v) is 13.1. The minimum absolute atomic E-state index is 0.383. The number of hydrogen-bond acceptors (Lipinski definition) is 8. The fourth-order valence-electron chi connectivity index (χ4n) is 9.95. The summed E-state index contributed by atoms with van der Waals surface area (Å²) in [5.74, 6) is 2.57. The highest BCUT2D eigenvalue weighted by molar-refractivity contribution is 5.60. The molecule has 0 N–H and O–H groups in total. The first-order chi connectivity index (χ1) is 29.7. The Labute approximate surface area is 351 Å². The third kappa shape index (κ3) is 8.23. The van der Waals surface area contributed by atoms with Crippen LogP contribution in [0.4, 0.5) is 0 Å². The predicted molar refractivity (Wildman–Crippen MR) is 236 cm³/mol. The molecule has 4 unspecified atom stereocenters. The van der Waals surface area contributed by atoms with E-state index in [9.17, 15) is 0 Å². The van der Waals surface area contributed by atoms with Crippen molar-refractivity contribution in [2.75, 3.05) is 0 Å². The number of rotatable bonds is 9. The summed E-state index contributed by atoms with van der Waals surface area (Å²) < 4.78 is 0. The van der Waals surface area contributed by atoms with Gasteiger partial charge in [-0.1, -0.05) is 24.3 Å². The highest BCUT2D eigenvalue weighted by Gasteiger charge is 2.40. The van der Waals surface area contributed by atoms with Gasteiger partial charge in [-0.15, -0.1) is 0 Å². The number of nitrogens with zero attached hydrogens (tertiary/aromatic N) is 8. The van der Waals surface area contributed by atoms with E-state index in [4.69, 9.17) is 19.9 Å². The summed E-state index contributed by atoms with van der Waals surface area (Å²) in [5, 5.41) is 0. The summed E-state index contributed by atoms with van der Waals surface area (Å²) in [6, 6.07) is 34.2.